The van der Waals surface area contributed by atoms with Gasteiger partial charge in [-0.2, -0.15) is 0 Å². The number of aliphatic carboxylic acids is 1. The Hall–Kier alpha value is -1.56. The van der Waals surface area contributed by atoms with Gasteiger partial charge in [0, 0.05) is 19.5 Å². The molecule has 0 spiro atoms. The molecule has 0 aliphatic carbocycles. The van der Waals surface area contributed by atoms with Crippen LogP contribution in [-0.4, -0.2) is 43.4 Å². The van der Waals surface area contributed by atoms with Crippen LogP contribution in [0.3, 0.4) is 0 Å². The van der Waals surface area contributed by atoms with Crippen molar-refractivity contribution in [2.45, 2.75) is 19.8 Å². The fraction of sp³-hybridized carbons (Fsp3) is 0.636. The average Bonchev–Trinajstić information content (AvgIpc) is 2.23. The maximum atomic E-state index is 11.1. The quantitative estimate of drug-likeness (QED) is 0.412. The molecule has 0 aromatic heterocycles. The molecule has 0 aromatic carbocycles. The van der Waals surface area contributed by atoms with Gasteiger partial charge in [0.2, 0.25) is 0 Å². The summed E-state index contributed by atoms with van der Waals surface area (Å²) >= 11 is 0. The van der Waals surface area contributed by atoms with E-state index in [2.05, 4.69) is 17.2 Å². The SMILES string of the molecule is C=C(C)COCCNC(=O)NCCCC(=O)O. The fourth-order valence-corrected chi connectivity index (χ4v) is 0.987. The molecule has 0 fully saturated rings. The van der Waals surface area contributed by atoms with E-state index in [1.54, 1.807) is 0 Å². The van der Waals surface area contributed by atoms with E-state index >= 15 is 0 Å². The van der Waals surface area contributed by atoms with E-state index in [4.69, 9.17) is 9.84 Å². The molecule has 0 bridgehead atoms. The van der Waals surface area contributed by atoms with Crippen LogP contribution in [0.4, 0.5) is 4.79 Å². The van der Waals surface area contributed by atoms with Crippen molar-refractivity contribution in [1.29, 1.82) is 0 Å². The number of ether oxygens (including phenoxy) is 1. The first-order valence-corrected chi connectivity index (χ1v) is 5.48. The molecule has 0 aliphatic heterocycles. The fourth-order valence-electron chi connectivity index (χ4n) is 0.987. The van der Waals surface area contributed by atoms with Crippen molar-refractivity contribution >= 4 is 12.0 Å². The minimum atomic E-state index is -0.861. The van der Waals surface area contributed by atoms with Crippen LogP contribution in [0.1, 0.15) is 19.8 Å². The van der Waals surface area contributed by atoms with Crippen molar-refractivity contribution in [1.82, 2.24) is 10.6 Å². The van der Waals surface area contributed by atoms with Gasteiger partial charge in [-0.05, 0) is 13.3 Å². The zero-order chi connectivity index (χ0) is 13.1. The molecule has 0 heterocycles. The van der Waals surface area contributed by atoms with Crippen molar-refractivity contribution in [2.75, 3.05) is 26.3 Å². The van der Waals surface area contributed by atoms with E-state index in [-0.39, 0.29) is 12.5 Å². The van der Waals surface area contributed by atoms with Gasteiger partial charge in [0.25, 0.3) is 0 Å². The third-order valence-corrected chi connectivity index (χ3v) is 1.73. The molecule has 2 amide bonds. The molecule has 0 aromatic rings. The Balaban J connectivity index is 3.29. The lowest BCUT2D eigenvalue weighted by molar-refractivity contribution is -0.137. The molecule has 6 nitrogen and oxygen atoms in total. The first-order chi connectivity index (χ1) is 8.02. The van der Waals surface area contributed by atoms with E-state index in [9.17, 15) is 9.59 Å². The Bertz CT molecular complexity index is 266. The summed E-state index contributed by atoms with van der Waals surface area (Å²) in [5, 5.41) is 13.5. The number of carbonyl (C=O) groups excluding carboxylic acids is 1. The number of hydrogen-bond donors (Lipinski definition) is 3. The molecule has 0 radical (unpaired) electrons. The van der Waals surface area contributed by atoms with Crippen LogP contribution in [-0.2, 0) is 9.53 Å². The van der Waals surface area contributed by atoms with Crippen LogP contribution < -0.4 is 10.6 Å². The second-order valence-corrected chi connectivity index (χ2v) is 3.69. The predicted molar refractivity (Wildman–Crippen MR) is 63.9 cm³/mol. The molecule has 98 valence electrons. The molecule has 0 saturated heterocycles. The summed E-state index contributed by atoms with van der Waals surface area (Å²) < 4.78 is 5.18. The van der Waals surface area contributed by atoms with Gasteiger partial charge in [0.15, 0.2) is 0 Å². The minimum absolute atomic E-state index is 0.0575. The maximum Gasteiger partial charge on any atom is 0.314 e. The molecular formula is C11H20N2O4. The lowest BCUT2D eigenvalue weighted by Crippen LogP contribution is -2.37. The number of amides is 2. The van der Waals surface area contributed by atoms with Crippen molar-refractivity contribution in [3.63, 3.8) is 0 Å². The molecule has 0 aliphatic rings. The van der Waals surface area contributed by atoms with Crippen LogP contribution in [0.15, 0.2) is 12.2 Å². The van der Waals surface area contributed by atoms with E-state index in [1.807, 2.05) is 6.92 Å². The average molecular weight is 244 g/mol. The number of carbonyl (C=O) groups is 2. The van der Waals surface area contributed by atoms with Crippen LogP contribution in [0.5, 0.6) is 0 Å². The Morgan fingerprint density at radius 3 is 2.53 bits per heavy atom. The summed E-state index contributed by atoms with van der Waals surface area (Å²) in [7, 11) is 0. The van der Waals surface area contributed by atoms with Crippen LogP contribution in [0.25, 0.3) is 0 Å². The Morgan fingerprint density at radius 1 is 1.29 bits per heavy atom. The smallest absolute Gasteiger partial charge is 0.314 e. The molecule has 6 heteroatoms. The van der Waals surface area contributed by atoms with Gasteiger partial charge >= 0.3 is 12.0 Å². The highest BCUT2D eigenvalue weighted by molar-refractivity contribution is 5.73. The largest absolute Gasteiger partial charge is 0.481 e. The van der Waals surface area contributed by atoms with Crippen molar-refractivity contribution < 1.29 is 19.4 Å². The highest BCUT2D eigenvalue weighted by Crippen LogP contribution is 1.87. The maximum absolute atomic E-state index is 11.1. The third-order valence-electron chi connectivity index (χ3n) is 1.73. The number of rotatable bonds is 9. The van der Waals surface area contributed by atoms with Gasteiger partial charge in [-0.15, -0.1) is 0 Å². The summed E-state index contributed by atoms with van der Waals surface area (Å²) in [6, 6.07) is -0.311. The van der Waals surface area contributed by atoms with Crippen molar-refractivity contribution in [3.05, 3.63) is 12.2 Å². The van der Waals surface area contributed by atoms with Crippen LogP contribution >= 0.6 is 0 Å². The Morgan fingerprint density at radius 2 is 1.94 bits per heavy atom. The van der Waals surface area contributed by atoms with Gasteiger partial charge in [0.05, 0.1) is 13.2 Å². The summed E-state index contributed by atoms with van der Waals surface area (Å²) in [5.41, 5.74) is 0.933. The third kappa shape index (κ3) is 12.4. The van der Waals surface area contributed by atoms with E-state index in [1.165, 1.54) is 0 Å². The molecule has 0 unspecified atom stereocenters. The minimum Gasteiger partial charge on any atom is -0.481 e. The van der Waals surface area contributed by atoms with Crippen LogP contribution in [0.2, 0.25) is 0 Å². The normalized spacial score (nSPS) is 9.71. The van der Waals surface area contributed by atoms with Gasteiger partial charge in [-0.25, -0.2) is 4.79 Å². The van der Waals surface area contributed by atoms with Crippen molar-refractivity contribution in [3.8, 4) is 0 Å². The molecule has 3 N–H and O–H groups in total. The topological polar surface area (TPSA) is 87.7 Å². The second kappa shape index (κ2) is 9.65. The summed E-state index contributed by atoms with van der Waals surface area (Å²) in [6.07, 6.45) is 0.483. The first-order valence-electron chi connectivity index (χ1n) is 5.48. The van der Waals surface area contributed by atoms with Crippen molar-refractivity contribution in [2.24, 2.45) is 0 Å². The number of nitrogens with one attached hydrogen (secondary N) is 2. The number of carboxylic acids is 1. The Labute approximate surface area is 101 Å². The molecule has 17 heavy (non-hydrogen) atoms. The summed E-state index contributed by atoms with van der Waals surface area (Å²) in [6.45, 7) is 7.22. The zero-order valence-electron chi connectivity index (χ0n) is 10.1. The number of hydrogen-bond acceptors (Lipinski definition) is 3. The van der Waals surface area contributed by atoms with Gasteiger partial charge in [0.1, 0.15) is 0 Å². The highest BCUT2D eigenvalue weighted by Gasteiger charge is 2.00. The standard InChI is InChI=1S/C11H20N2O4/c1-9(2)8-17-7-6-13-11(16)12-5-3-4-10(14)15/h1,3-8H2,2H3,(H,14,15)(H2,12,13,16). The molecule has 0 atom stereocenters. The molecule has 0 rings (SSSR count). The number of urea groups is 1. The highest BCUT2D eigenvalue weighted by atomic mass is 16.5. The van der Waals surface area contributed by atoms with Crippen LogP contribution in [0, 0.1) is 0 Å². The van der Waals surface area contributed by atoms with Gasteiger partial charge in [-0.3, -0.25) is 4.79 Å². The zero-order valence-corrected chi connectivity index (χ0v) is 10.1. The molecular weight excluding hydrogens is 224 g/mol. The monoisotopic (exact) mass is 244 g/mol. The summed E-state index contributed by atoms with van der Waals surface area (Å²) in [5.74, 6) is -0.861. The summed E-state index contributed by atoms with van der Waals surface area (Å²) in [4.78, 5) is 21.3. The van der Waals surface area contributed by atoms with E-state index in [0.717, 1.165) is 5.57 Å². The molecule has 0 saturated carbocycles. The van der Waals surface area contributed by atoms with Gasteiger partial charge in [-0.1, -0.05) is 12.2 Å². The number of carboxylic acid groups (broad SMARTS) is 1. The van der Waals surface area contributed by atoms with E-state index in [0.29, 0.717) is 32.7 Å². The lowest BCUT2D eigenvalue weighted by Gasteiger charge is -2.07. The first kappa shape index (κ1) is 15.4. The lowest BCUT2D eigenvalue weighted by atomic mass is 10.3. The van der Waals surface area contributed by atoms with E-state index < -0.39 is 5.97 Å². The van der Waals surface area contributed by atoms with Gasteiger partial charge < -0.3 is 20.5 Å². The predicted octanol–water partition coefficient (Wildman–Crippen LogP) is 0.743. The second-order valence-electron chi connectivity index (χ2n) is 3.69. The Kier molecular flexibility index (Phi) is 8.77.